The van der Waals surface area contributed by atoms with E-state index < -0.39 is 29.4 Å². The molecule has 1 N–H and O–H groups in total. The average molecular weight is 444 g/mol. The molecule has 1 aromatic heterocycles. The van der Waals surface area contributed by atoms with Gasteiger partial charge >= 0.3 is 18.2 Å². The first kappa shape index (κ1) is 21.5. The van der Waals surface area contributed by atoms with Crippen molar-refractivity contribution in [3.8, 4) is 23.1 Å². The Balaban J connectivity index is 1.70. The van der Waals surface area contributed by atoms with Gasteiger partial charge in [0.15, 0.2) is 5.82 Å². The number of carbonyl (C=O) groups is 1. The molecular weight excluding hydrogens is 425 g/mol. The van der Waals surface area contributed by atoms with Gasteiger partial charge in [0, 0.05) is 18.7 Å². The fourth-order valence-corrected chi connectivity index (χ4v) is 3.46. The van der Waals surface area contributed by atoms with Crippen LogP contribution in [0.15, 0.2) is 54.6 Å². The molecule has 0 amide bonds. The van der Waals surface area contributed by atoms with Gasteiger partial charge in [-0.25, -0.2) is 0 Å². The van der Waals surface area contributed by atoms with Crippen molar-refractivity contribution in [3.05, 3.63) is 60.2 Å². The Bertz CT molecular complexity index is 1100. The van der Waals surface area contributed by atoms with Gasteiger partial charge in [0.2, 0.25) is 5.95 Å². The highest BCUT2D eigenvalue weighted by Gasteiger charge is 2.34. The molecule has 1 fully saturated rings. The van der Waals surface area contributed by atoms with E-state index in [1.807, 2.05) is 6.07 Å². The van der Waals surface area contributed by atoms with E-state index in [-0.39, 0.29) is 17.8 Å². The second-order valence-electron chi connectivity index (χ2n) is 7.30. The first-order chi connectivity index (χ1) is 15.3. The van der Waals surface area contributed by atoms with Crippen LogP contribution in [-0.4, -0.2) is 39.1 Å². The number of ether oxygens (including phenoxy) is 1. The summed E-state index contributed by atoms with van der Waals surface area (Å²) >= 11 is 0. The van der Waals surface area contributed by atoms with Crippen molar-refractivity contribution >= 4 is 11.9 Å². The number of aromatic nitrogens is 3. The zero-order valence-electron chi connectivity index (χ0n) is 16.8. The number of rotatable bonds is 5. The largest absolute Gasteiger partial charge is 0.481 e. The lowest BCUT2D eigenvalue weighted by Crippen LogP contribution is -2.37. The fourth-order valence-electron chi connectivity index (χ4n) is 3.46. The van der Waals surface area contributed by atoms with Gasteiger partial charge in [0.25, 0.3) is 0 Å². The van der Waals surface area contributed by atoms with Crippen molar-refractivity contribution in [2.24, 2.45) is 5.92 Å². The van der Waals surface area contributed by atoms with E-state index in [2.05, 4.69) is 15.0 Å². The van der Waals surface area contributed by atoms with Crippen molar-refractivity contribution < 1.29 is 27.8 Å². The topological polar surface area (TPSA) is 88.4 Å². The molecule has 3 aromatic rings. The van der Waals surface area contributed by atoms with E-state index in [1.54, 1.807) is 29.2 Å². The number of hydrogen-bond acceptors (Lipinski definition) is 6. The van der Waals surface area contributed by atoms with Crippen LogP contribution in [0.3, 0.4) is 0 Å². The Morgan fingerprint density at radius 3 is 2.28 bits per heavy atom. The molecule has 0 saturated carbocycles. The van der Waals surface area contributed by atoms with Crippen LogP contribution in [0.2, 0.25) is 0 Å². The molecule has 1 aliphatic heterocycles. The molecule has 7 nitrogen and oxygen atoms in total. The van der Waals surface area contributed by atoms with E-state index in [0.717, 1.165) is 6.07 Å². The molecule has 166 valence electrons. The number of halogens is 3. The third kappa shape index (κ3) is 4.79. The van der Waals surface area contributed by atoms with Gasteiger partial charge in [-0.2, -0.15) is 28.1 Å². The quantitative estimate of drug-likeness (QED) is 0.613. The van der Waals surface area contributed by atoms with Crippen LogP contribution >= 0.6 is 0 Å². The summed E-state index contributed by atoms with van der Waals surface area (Å²) in [5, 5.41) is 9.22. The standard InChI is InChI=1S/C22H19F3N4O3/c23-22(24,25)16-8-4-5-9-17(16)32-21-27-18(14-6-2-1-3-7-14)26-20(28-21)29-12-10-15(11-13-29)19(30)31/h1-9,15H,10-13H2,(H,30,31). The predicted molar refractivity (Wildman–Crippen MR) is 109 cm³/mol. The maximum atomic E-state index is 13.4. The third-order valence-electron chi connectivity index (χ3n) is 5.16. The van der Waals surface area contributed by atoms with E-state index in [9.17, 15) is 23.1 Å². The van der Waals surface area contributed by atoms with E-state index in [4.69, 9.17) is 4.74 Å². The second-order valence-corrected chi connectivity index (χ2v) is 7.30. The molecule has 10 heteroatoms. The monoisotopic (exact) mass is 444 g/mol. The Kier molecular flexibility index (Phi) is 5.93. The van der Waals surface area contributed by atoms with Crippen molar-refractivity contribution in [1.82, 2.24) is 15.0 Å². The van der Waals surface area contributed by atoms with Gasteiger partial charge in [0.05, 0.1) is 11.5 Å². The molecule has 4 rings (SSSR count). The van der Waals surface area contributed by atoms with Gasteiger partial charge < -0.3 is 14.7 Å². The summed E-state index contributed by atoms with van der Waals surface area (Å²) in [4.78, 5) is 26.0. The number of benzene rings is 2. The highest BCUT2D eigenvalue weighted by atomic mass is 19.4. The van der Waals surface area contributed by atoms with Gasteiger partial charge in [-0.3, -0.25) is 4.79 Å². The maximum Gasteiger partial charge on any atom is 0.419 e. The first-order valence-electron chi connectivity index (χ1n) is 9.94. The lowest BCUT2D eigenvalue weighted by atomic mass is 9.97. The van der Waals surface area contributed by atoms with Crippen molar-refractivity contribution in [2.45, 2.75) is 19.0 Å². The summed E-state index contributed by atoms with van der Waals surface area (Å²) in [5.41, 5.74) is -0.295. The zero-order valence-corrected chi connectivity index (χ0v) is 16.8. The number of carboxylic acids is 1. The number of anilines is 1. The number of carboxylic acid groups (broad SMARTS) is 1. The van der Waals surface area contributed by atoms with Crippen LogP contribution in [0.4, 0.5) is 19.1 Å². The number of hydrogen-bond donors (Lipinski definition) is 1. The van der Waals surface area contributed by atoms with Crippen LogP contribution in [0.5, 0.6) is 11.8 Å². The van der Waals surface area contributed by atoms with Crippen LogP contribution in [0, 0.1) is 5.92 Å². The predicted octanol–water partition coefficient (Wildman–Crippen LogP) is 4.65. The number of aliphatic carboxylic acids is 1. The molecule has 2 heterocycles. The smallest absolute Gasteiger partial charge is 0.419 e. The minimum Gasteiger partial charge on any atom is -0.481 e. The van der Waals surface area contributed by atoms with Gasteiger partial charge in [-0.1, -0.05) is 42.5 Å². The highest BCUT2D eigenvalue weighted by molar-refractivity contribution is 5.70. The molecule has 32 heavy (non-hydrogen) atoms. The average Bonchev–Trinajstić information content (AvgIpc) is 2.79. The summed E-state index contributed by atoms with van der Waals surface area (Å²) in [7, 11) is 0. The van der Waals surface area contributed by atoms with Gasteiger partial charge in [0.1, 0.15) is 5.75 Å². The van der Waals surface area contributed by atoms with Crippen LogP contribution < -0.4 is 9.64 Å². The van der Waals surface area contributed by atoms with Crippen LogP contribution in [0.1, 0.15) is 18.4 Å². The van der Waals surface area contributed by atoms with Gasteiger partial charge in [-0.15, -0.1) is 0 Å². The Morgan fingerprint density at radius 2 is 1.62 bits per heavy atom. The molecule has 0 spiro atoms. The molecular formula is C22H19F3N4O3. The summed E-state index contributed by atoms with van der Waals surface area (Å²) in [5.74, 6) is -1.24. The Hall–Kier alpha value is -3.69. The minimum absolute atomic E-state index is 0.224. The highest BCUT2D eigenvalue weighted by Crippen LogP contribution is 2.37. The first-order valence-corrected chi connectivity index (χ1v) is 9.94. The Labute approximate surface area is 181 Å². The summed E-state index contributed by atoms with van der Waals surface area (Å²) in [6.07, 6.45) is -3.78. The normalized spacial score (nSPS) is 14.9. The van der Waals surface area contributed by atoms with Crippen molar-refractivity contribution in [2.75, 3.05) is 18.0 Å². The fraction of sp³-hybridized carbons (Fsp3) is 0.273. The zero-order chi connectivity index (χ0) is 22.7. The SMILES string of the molecule is O=C(O)C1CCN(c2nc(Oc3ccccc3C(F)(F)F)nc(-c3ccccc3)n2)CC1. The van der Waals surface area contributed by atoms with E-state index >= 15 is 0 Å². The molecule has 1 aliphatic rings. The molecule has 0 atom stereocenters. The molecule has 0 unspecified atom stereocenters. The van der Waals surface area contributed by atoms with E-state index in [0.29, 0.717) is 31.5 Å². The lowest BCUT2D eigenvalue weighted by molar-refractivity contribution is -0.142. The lowest BCUT2D eigenvalue weighted by Gasteiger charge is -2.30. The number of para-hydroxylation sites is 1. The molecule has 0 radical (unpaired) electrons. The summed E-state index contributed by atoms with van der Waals surface area (Å²) < 4.78 is 45.6. The summed E-state index contributed by atoms with van der Waals surface area (Å²) in [6.45, 7) is 0.793. The second kappa shape index (κ2) is 8.81. The molecule has 2 aromatic carbocycles. The molecule has 1 saturated heterocycles. The third-order valence-corrected chi connectivity index (χ3v) is 5.16. The van der Waals surface area contributed by atoms with Crippen molar-refractivity contribution in [1.29, 1.82) is 0 Å². The molecule has 0 bridgehead atoms. The number of alkyl halides is 3. The molecule has 0 aliphatic carbocycles. The maximum absolute atomic E-state index is 13.4. The van der Waals surface area contributed by atoms with E-state index in [1.165, 1.54) is 18.2 Å². The Morgan fingerprint density at radius 1 is 0.969 bits per heavy atom. The van der Waals surface area contributed by atoms with Crippen molar-refractivity contribution in [3.63, 3.8) is 0 Å². The minimum atomic E-state index is -4.60. The number of piperidine rings is 1. The van der Waals surface area contributed by atoms with Crippen LogP contribution in [0.25, 0.3) is 11.4 Å². The number of nitrogens with zero attached hydrogens (tertiary/aromatic N) is 4. The van der Waals surface area contributed by atoms with Crippen LogP contribution in [-0.2, 0) is 11.0 Å². The summed E-state index contributed by atoms with van der Waals surface area (Å²) in [6, 6.07) is 13.5. The van der Waals surface area contributed by atoms with Gasteiger partial charge in [-0.05, 0) is 25.0 Å².